The highest BCUT2D eigenvalue weighted by molar-refractivity contribution is 6.09. The highest BCUT2D eigenvalue weighted by atomic mass is 16.5. The van der Waals surface area contributed by atoms with Gasteiger partial charge in [0.25, 0.3) is 0 Å². The molecule has 1 heterocycles. The van der Waals surface area contributed by atoms with Gasteiger partial charge in [0.15, 0.2) is 0 Å². The van der Waals surface area contributed by atoms with Crippen LogP contribution in [0, 0.1) is 13.8 Å². The zero-order chi connectivity index (χ0) is 68.7. The summed E-state index contributed by atoms with van der Waals surface area (Å²) in [7, 11) is 0. The van der Waals surface area contributed by atoms with Crippen molar-refractivity contribution in [1.29, 1.82) is 0 Å². The first-order chi connectivity index (χ1) is 49.2. The number of aryl methyl sites for hydroxylation is 6. The summed E-state index contributed by atoms with van der Waals surface area (Å²) in [5.74, 6) is 0.892. The van der Waals surface area contributed by atoms with Gasteiger partial charge in [-0.15, -0.1) is 0 Å². The van der Waals surface area contributed by atoms with Crippen molar-refractivity contribution in [3.8, 4) is 22.6 Å². The Bertz CT molecular complexity index is 4670. The molecule has 0 aliphatic rings. The maximum atomic E-state index is 6.09. The van der Waals surface area contributed by atoms with Crippen LogP contribution < -0.4 is 24.3 Å². The van der Waals surface area contributed by atoms with Crippen LogP contribution >= 0.6 is 0 Å². The summed E-state index contributed by atoms with van der Waals surface area (Å²) >= 11 is 0. The molecule has 6 heteroatoms. The lowest BCUT2D eigenvalue weighted by atomic mass is 10.0. The molecule has 0 aliphatic heterocycles. The number of unbranched alkanes of at least 4 members (excludes halogenated alkanes) is 5. The summed E-state index contributed by atoms with van der Waals surface area (Å²) in [6.45, 7) is 16.3. The highest BCUT2D eigenvalue weighted by Gasteiger charge is 2.22. The fraction of sp³-hybridized carbons (Fsp3) is 0.234. The van der Waals surface area contributed by atoms with E-state index in [0.717, 1.165) is 150 Å². The summed E-state index contributed by atoms with van der Waals surface area (Å²) in [5, 5.41) is 2.59. The number of benzene rings is 12. The van der Waals surface area contributed by atoms with Gasteiger partial charge >= 0.3 is 0 Å². The van der Waals surface area contributed by atoms with Gasteiger partial charge in [-0.05, 0) is 281 Å². The van der Waals surface area contributed by atoms with Crippen LogP contribution in [0.15, 0.2) is 279 Å². The van der Waals surface area contributed by atoms with Gasteiger partial charge in [-0.3, -0.25) is 0 Å². The molecule has 13 rings (SSSR count). The molecule has 13 aromatic rings. The van der Waals surface area contributed by atoms with Crippen molar-refractivity contribution >= 4 is 90.1 Å². The van der Waals surface area contributed by atoms with Gasteiger partial charge in [0.1, 0.15) is 5.75 Å². The van der Waals surface area contributed by atoms with Crippen molar-refractivity contribution in [2.24, 2.45) is 0 Å². The second kappa shape index (κ2) is 32.4. The Labute approximate surface area is 595 Å². The zero-order valence-electron chi connectivity index (χ0n) is 59.8. The number of hydrogen-bond acceptors (Lipinski definition) is 5. The van der Waals surface area contributed by atoms with Crippen molar-refractivity contribution in [2.45, 2.75) is 138 Å². The van der Waals surface area contributed by atoms with E-state index >= 15 is 0 Å². The van der Waals surface area contributed by atoms with Crippen molar-refractivity contribution < 1.29 is 4.74 Å². The van der Waals surface area contributed by atoms with Crippen LogP contribution in [-0.2, 0) is 25.7 Å². The first-order valence-electron chi connectivity index (χ1n) is 37.0. The zero-order valence-corrected chi connectivity index (χ0v) is 59.8. The number of hydrogen-bond donors (Lipinski definition) is 0. The topological polar surface area (TPSA) is 27.1 Å². The van der Waals surface area contributed by atoms with E-state index < -0.39 is 0 Å². The van der Waals surface area contributed by atoms with E-state index in [1.165, 1.54) is 92.2 Å². The Balaban J connectivity index is 0.890. The molecule has 0 spiro atoms. The van der Waals surface area contributed by atoms with Crippen molar-refractivity contribution in [3.63, 3.8) is 0 Å². The summed E-state index contributed by atoms with van der Waals surface area (Å²) in [6.07, 6.45) is 15.7. The molecule has 504 valence electrons. The monoisotopic (exact) mass is 1310 g/mol. The Kier molecular flexibility index (Phi) is 22.0. The number of nitrogens with zero attached hydrogens (tertiary/aromatic N) is 5. The molecule has 0 atom stereocenters. The average molecular weight is 1310 g/mol. The molecule has 0 saturated carbocycles. The Hall–Kier alpha value is -10.6. The molecule has 6 nitrogen and oxygen atoms in total. The molecule has 0 bridgehead atoms. The van der Waals surface area contributed by atoms with E-state index in [9.17, 15) is 0 Å². The molecule has 0 aliphatic carbocycles. The van der Waals surface area contributed by atoms with Gasteiger partial charge < -0.3 is 28.9 Å². The maximum Gasteiger partial charge on any atom is 0.119 e. The summed E-state index contributed by atoms with van der Waals surface area (Å²) in [5.41, 5.74) is 27.0. The second-order valence-electron chi connectivity index (χ2n) is 27.1. The van der Waals surface area contributed by atoms with Crippen LogP contribution in [0.3, 0.4) is 0 Å². The van der Waals surface area contributed by atoms with E-state index in [-0.39, 0.29) is 0 Å². The van der Waals surface area contributed by atoms with E-state index in [4.69, 9.17) is 4.74 Å². The second-order valence-corrected chi connectivity index (χ2v) is 27.1. The normalized spacial score (nSPS) is 11.3. The maximum absolute atomic E-state index is 6.09. The first kappa shape index (κ1) is 68.0. The predicted molar refractivity (Wildman–Crippen MR) is 429 cm³/mol. The standard InChI is InChI=1S/C94H97N5O/c1-8-13-21-71-25-18-27-86(64-71)98(87-28-19-26-72(65-87)22-14-9-2)89-30-20-29-88(68-89)97(78-43-33-70(7)34-44-78)83-51-49-81(50-52-83)96(82-53-55-85(56-54-82)99-93-66-73(23-15-10-3)35-61-91(93)92-62-36-74(24-16-11-4)67-94(92)99)80-47-39-76(40-48-80)75-37-45-79(46-38-75)95(77-41-31-69(6)32-42-77)84-57-59-90(60-58-84)100-63-17-12-5/h18-20,25-62,64-68H,8-17,21-24,63H2,1-7H3. The molecule has 0 radical (unpaired) electrons. The molecule has 1 aromatic heterocycles. The van der Waals surface area contributed by atoms with Gasteiger partial charge in [-0.25, -0.2) is 0 Å². The fourth-order valence-electron chi connectivity index (χ4n) is 14.0. The van der Waals surface area contributed by atoms with Crippen molar-refractivity contribution in [1.82, 2.24) is 4.57 Å². The number of anilines is 12. The van der Waals surface area contributed by atoms with Crippen LogP contribution in [-0.4, -0.2) is 11.2 Å². The fourth-order valence-corrected chi connectivity index (χ4v) is 14.0. The van der Waals surface area contributed by atoms with Crippen LogP contribution in [0.25, 0.3) is 38.6 Å². The molecule has 0 N–H and O–H groups in total. The predicted octanol–water partition coefficient (Wildman–Crippen LogP) is 27.5. The molecule has 0 fully saturated rings. The van der Waals surface area contributed by atoms with Crippen molar-refractivity contribution in [3.05, 3.63) is 312 Å². The third-order valence-electron chi connectivity index (χ3n) is 19.6. The number of fused-ring (bicyclic) bond motifs is 3. The minimum atomic E-state index is 0.720. The summed E-state index contributed by atoms with van der Waals surface area (Å²) in [4.78, 5) is 9.60. The van der Waals surface area contributed by atoms with Crippen LogP contribution in [0.5, 0.6) is 5.75 Å². The van der Waals surface area contributed by atoms with Gasteiger partial charge in [0, 0.05) is 84.7 Å². The summed E-state index contributed by atoms with van der Waals surface area (Å²) in [6, 6.07) is 105. The lowest BCUT2D eigenvalue weighted by molar-refractivity contribution is 0.309. The van der Waals surface area contributed by atoms with Gasteiger partial charge in [0.2, 0.25) is 0 Å². The number of rotatable bonds is 30. The molecule has 0 unspecified atom stereocenters. The molecule has 100 heavy (non-hydrogen) atoms. The Morgan fingerprint density at radius 3 is 0.950 bits per heavy atom. The SMILES string of the molecule is CCCCOc1ccc(N(c2ccc(C)cc2)c2ccc(-c3ccc(N(c4ccc(N(c5ccc(C)cc5)c5cccc(N(c6cccc(CCCC)c6)c6cccc(CCCC)c6)c5)cc4)c4ccc(-n5c6cc(CCCC)ccc6c6ccc(CCCC)cc65)cc4)cc3)cc2)cc1. The largest absolute Gasteiger partial charge is 0.494 e. The van der Waals surface area contributed by atoms with E-state index in [0.29, 0.717) is 0 Å². The minimum Gasteiger partial charge on any atom is -0.494 e. The quantitative estimate of drug-likeness (QED) is 0.0418. The molecular weight excluding hydrogens is 1220 g/mol. The summed E-state index contributed by atoms with van der Waals surface area (Å²) < 4.78 is 8.60. The third-order valence-corrected chi connectivity index (χ3v) is 19.6. The Morgan fingerprint density at radius 2 is 0.570 bits per heavy atom. The van der Waals surface area contributed by atoms with E-state index in [2.05, 4.69) is 352 Å². The van der Waals surface area contributed by atoms with Crippen LogP contribution in [0.1, 0.15) is 132 Å². The first-order valence-corrected chi connectivity index (χ1v) is 37.0. The third kappa shape index (κ3) is 15.6. The highest BCUT2D eigenvalue weighted by Crippen LogP contribution is 2.45. The van der Waals surface area contributed by atoms with Crippen LogP contribution in [0.2, 0.25) is 0 Å². The molecule has 0 amide bonds. The van der Waals surface area contributed by atoms with Gasteiger partial charge in [-0.2, -0.15) is 0 Å². The average Bonchev–Trinajstić information content (AvgIpc) is 1.59. The van der Waals surface area contributed by atoms with Gasteiger partial charge in [0.05, 0.1) is 17.6 Å². The lowest BCUT2D eigenvalue weighted by Crippen LogP contribution is -2.14. The molecule has 12 aromatic carbocycles. The minimum absolute atomic E-state index is 0.720. The van der Waals surface area contributed by atoms with Gasteiger partial charge in [-0.1, -0.05) is 181 Å². The van der Waals surface area contributed by atoms with E-state index in [1.807, 2.05) is 0 Å². The molecule has 0 saturated heterocycles. The smallest absolute Gasteiger partial charge is 0.119 e. The van der Waals surface area contributed by atoms with Crippen molar-refractivity contribution in [2.75, 3.05) is 26.2 Å². The number of aromatic nitrogens is 1. The van der Waals surface area contributed by atoms with Crippen LogP contribution in [0.4, 0.5) is 68.2 Å². The number of ether oxygens (including phenoxy) is 1. The lowest BCUT2D eigenvalue weighted by Gasteiger charge is -2.30. The van der Waals surface area contributed by atoms with E-state index in [1.54, 1.807) is 0 Å². The Morgan fingerprint density at radius 1 is 0.270 bits per heavy atom. The molecular formula is C94H97N5O.